The maximum Gasteiger partial charge on any atom is 0.256 e. The van der Waals surface area contributed by atoms with Gasteiger partial charge >= 0.3 is 0 Å². The van der Waals surface area contributed by atoms with Crippen molar-refractivity contribution in [1.82, 2.24) is 10.3 Å². The predicted molar refractivity (Wildman–Crippen MR) is 102 cm³/mol. The number of aromatic nitrogens is 1. The van der Waals surface area contributed by atoms with E-state index in [1.54, 1.807) is 25.4 Å². The fourth-order valence-electron chi connectivity index (χ4n) is 2.50. The number of carbonyl (C=O) groups excluding carboxylic acids is 1. The molecule has 0 fully saturated rings. The molecule has 0 saturated heterocycles. The Bertz CT molecular complexity index is 896. The molecule has 3 rings (SSSR count). The number of nitrogens with one attached hydrogen (secondary N) is 1. The lowest BCUT2D eigenvalue weighted by molar-refractivity contribution is -0.118. The van der Waals surface area contributed by atoms with Gasteiger partial charge < -0.3 is 14.5 Å². The van der Waals surface area contributed by atoms with Gasteiger partial charge in [-0.05, 0) is 42.3 Å². The summed E-state index contributed by atoms with van der Waals surface area (Å²) >= 11 is 1.21. The molecule has 0 aliphatic rings. The van der Waals surface area contributed by atoms with Gasteiger partial charge in [0, 0.05) is 12.1 Å². The minimum atomic E-state index is -0.308. The Balaban J connectivity index is 1.45. The van der Waals surface area contributed by atoms with E-state index in [4.69, 9.17) is 9.15 Å². The molecule has 0 bridgehead atoms. The highest BCUT2D eigenvalue weighted by molar-refractivity contribution is 7.99. The van der Waals surface area contributed by atoms with Gasteiger partial charge in [0.2, 0.25) is 5.91 Å². The normalized spacial score (nSPS) is 10.6. The van der Waals surface area contributed by atoms with E-state index in [0.29, 0.717) is 23.9 Å². The van der Waals surface area contributed by atoms with Crippen LogP contribution in [0.1, 0.15) is 5.56 Å². The molecule has 0 atom stereocenters. The Morgan fingerprint density at radius 2 is 2.00 bits per heavy atom. The quantitative estimate of drug-likeness (QED) is 0.594. The van der Waals surface area contributed by atoms with Gasteiger partial charge in [-0.15, -0.1) is 0 Å². The number of hydrogen-bond acceptors (Lipinski definition) is 5. The van der Waals surface area contributed by atoms with Crippen LogP contribution in [-0.4, -0.2) is 30.3 Å². The summed E-state index contributed by atoms with van der Waals surface area (Å²) in [5.41, 5.74) is 1.78. The smallest absolute Gasteiger partial charge is 0.256 e. The van der Waals surface area contributed by atoms with E-state index in [0.717, 1.165) is 16.9 Å². The summed E-state index contributed by atoms with van der Waals surface area (Å²) in [7, 11) is 1.63. The number of rotatable bonds is 8. The predicted octanol–water partition coefficient (Wildman–Crippen LogP) is 3.94. The number of amides is 1. The second-order valence-electron chi connectivity index (χ2n) is 5.70. The highest BCUT2D eigenvalue weighted by Crippen LogP contribution is 2.25. The number of oxazole rings is 1. The molecule has 1 amide bonds. The monoisotopic (exact) mass is 386 g/mol. The summed E-state index contributed by atoms with van der Waals surface area (Å²) in [6.45, 7) is 0.520. The van der Waals surface area contributed by atoms with Gasteiger partial charge in [0.1, 0.15) is 11.6 Å². The molecule has 0 saturated carbocycles. The highest BCUT2D eigenvalue weighted by atomic mass is 32.2. The van der Waals surface area contributed by atoms with Crippen LogP contribution < -0.4 is 10.1 Å². The zero-order valence-corrected chi connectivity index (χ0v) is 15.6. The van der Waals surface area contributed by atoms with Gasteiger partial charge in [-0.3, -0.25) is 4.79 Å². The Kier molecular flexibility index (Phi) is 6.49. The van der Waals surface area contributed by atoms with Crippen LogP contribution in [0.2, 0.25) is 0 Å². The molecule has 3 aromatic rings. The van der Waals surface area contributed by atoms with E-state index < -0.39 is 0 Å². The van der Waals surface area contributed by atoms with Crippen LogP contribution in [0.4, 0.5) is 4.39 Å². The van der Waals surface area contributed by atoms with Gasteiger partial charge in [0.25, 0.3) is 5.22 Å². The van der Waals surface area contributed by atoms with Crippen LogP contribution in [-0.2, 0) is 11.2 Å². The highest BCUT2D eigenvalue weighted by Gasteiger charge is 2.10. The van der Waals surface area contributed by atoms with E-state index in [9.17, 15) is 9.18 Å². The van der Waals surface area contributed by atoms with Gasteiger partial charge in [0.15, 0.2) is 5.76 Å². The number of halogens is 1. The number of methoxy groups -OCH3 is 1. The fraction of sp³-hybridized carbons (Fsp3) is 0.200. The summed E-state index contributed by atoms with van der Waals surface area (Å²) in [5, 5.41) is 3.27. The van der Waals surface area contributed by atoms with Gasteiger partial charge in [0.05, 0.1) is 19.1 Å². The van der Waals surface area contributed by atoms with Gasteiger partial charge in [-0.2, -0.15) is 0 Å². The van der Waals surface area contributed by atoms with Crippen molar-refractivity contribution in [2.45, 2.75) is 11.6 Å². The van der Waals surface area contributed by atoms with Crippen LogP contribution in [0.15, 0.2) is 64.4 Å². The summed E-state index contributed by atoms with van der Waals surface area (Å²) in [5.74, 6) is 1.15. The van der Waals surface area contributed by atoms with Crippen molar-refractivity contribution >= 4 is 17.7 Å². The van der Waals surface area contributed by atoms with E-state index in [-0.39, 0.29) is 17.5 Å². The fourth-order valence-corrected chi connectivity index (χ4v) is 3.13. The molecule has 140 valence electrons. The van der Waals surface area contributed by atoms with Crippen LogP contribution in [0.25, 0.3) is 11.3 Å². The average Bonchev–Trinajstić information content (AvgIpc) is 3.16. The summed E-state index contributed by atoms with van der Waals surface area (Å²) in [6.07, 6.45) is 2.25. The third-order valence-electron chi connectivity index (χ3n) is 3.85. The van der Waals surface area contributed by atoms with Crippen molar-refractivity contribution in [3.63, 3.8) is 0 Å². The lowest BCUT2D eigenvalue weighted by Crippen LogP contribution is -2.27. The molecule has 0 unspecified atom stereocenters. The number of benzene rings is 2. The first-order chi connectivity index (χ1) is 13.2. The second kappa shape index (κ2) is 9.23. The molecule has 2 aromatic carbocycles. The molecule has 1 aromatic heterocycles. The topological polar surface area (TPSA) is 64.4 Å². The van der Waals surface area contributed by atoms with Crippen LogP contribution in [0.3, 0.4) is 0 Å². The minimum Gasteiger partial charge on any atom is -0.496 e. The number of para-hydroxylation sites is 1. The van der Waals surface area contributed by atoms with Crippen LogP contribution in [0, 0.1) is 5.82 Å². The van der Waals surface area contributed by atoms with E-state index in [1.165, 1.54) is 23.9 Å². The second-order valence-corrected chi connectivity index (χ2v) is 6.62. The molecule has 0 radical (unpaired) electrons. The van der Waals surface area contributed by atoms with Crippen molar-refractivity contribution in [3.8, 4) is 17.1 Å². The van der Waals surface area contributed by atoms with Crippen LogP contribution in [0.5, 0.6) is 5.75 Å². The number of thioether (sulfide) groups is 1. The van der Waals surface area contributed by atoms with Crippen molar-refractivity contribution < 1.29 is 18.3 Å². The molecule has 0 aliphatic carbocycles. The molecular weight excluding hydrogens is 367 g/mol. The summed E-state index contributed by atoms with van der Waals surface area (Å²) in [4.78, 5) is 16.1. The molecule has 0 spiro atoms. The lowest BCUT2D eigenvalue weighted by atomic mass is 10.1. The Morgan fingerprint density at radius 1 is 1.22 bits per heavy atom. The van der Waals surface area contributed by atoms with Gasteiger partial charge in [-0.1, -0.05) is 30.0 Å². The Hall–Kier alpha value is -2.80. The van der Waals surface area contributed by atoms with Crippen molar-refractivity contribution in [2.24, 2.45) is 0 Å². The van der Waals surface area contributed by atoms with Crippen molar-refractivity contribution in [3.05, 3.63) is 66.1 Å². The minimum absolute atomic E-state index is 0.101. The van der Waals surface area contributed by atoms with Crippen molar-refractivity contribution in [2.75, 3.05) is 19.4 Å². The zero-order valence-electron chi connectivity index (χ0n) is 14.8. The zero-order chi connectivity index (χ0) is 19.1. The first kappa shape index (κ1) is 19.0. The first-order valence-electron chi connectivity index (χ1n) is 8.39. The molecule has 1 heterocycles. The van der Waals surface area contributed by atoms with Crippen molar-refractivity contribution in [1.29, 1.82) is 0 Å². The standard InChI is InChI=1S/C20H19FN2O3S/c1-25-17-5-3-2-4-14(17)10-11-22-19(24)13-27-20-23-12-18(26-20)15-6-8-16(21)9-7-15/h2-9,12H,10-11,13H2,1H3,(H,22,24). The van der Waals surface area contributed by atoms with E-state index in [2.05, 4.69) is 10.3 Å². The molecule has 27 heavy (non-hydrogen) atoms. The maximum atomic E-state index is 13.0. The van der Waals surface area contributed by atoms with Crippen LogP contribution >= 0.6 is 11.8 Å². The first-order valence-corrected chi connectivity index (χ1v) is 9.37. The van der Waals surface area contributed by atoms with E-state index in [1.807, 2.05) is 24.3 Å². The third-order valence-corrected chi connectivity index (χ3v) is 4.69. The SMILES string of the molecule is COc1ccccc1CCNC(=O)CSc1ncc(-c2ccc(F)cc2)o1. The maximum absolute atomic E-state index is 13.0. The lowest BCUT2D eigenvalue weighted by Gasteiger charge is -2.08. The van der Waals surface area contributed by atoms with Gasteiger partial charge in [-0.25, -0.2) is 9.37 Å². The molecule has 0 aliphatic heterocycles. The number of hydrogen-bond donors (Lipinski definition) is 1. The summed E-state index contributed by atoms with van der Waals surface area (Å²) in [6, 6.07) is 13.7. The molecule has 7 heteroatoms. The molecular formula is C20H19FN2O3S. The molecule has 1 N–H and O–H groups in total. The number of carbonyl (C=O) groups is 1. The molecule has 5 nitrogen and oxygen atoms in total. The van der Waals surface area contributed by atoms with E-state index >= 15 is 0 Å². The Labute approximate surface area is 160 Å². The number of nitrogens with zero attached hydrogens (tertiary/aromatic N) is 1. The Morgan fingerprint density at radius 3 is 2.78 bits per heavy atom. The number of ether oxygens (including phenoxy) is 1. The largest absolute Gasteiger partial charge is 0.496 e. The average molecular weight is 386 g/mol. The third kappa shape index (κ3) is 5.34. The summed E-state index contributed by atoms with van der Waals surface area (Å²) < 4.78 is 23.9.